The summed E-state index contributed by atoms with van der Waals surface area (Å²) in [5, 5.41) is 2.76. The van der Waals surface area contributed by atoms with Gasteiger partial charge in [-0.25, -0.2) is 4.79 Å². The number of carbonyl (C=O) groups excluding carboxylic acids is 1. The molecule has 1 rings (SSSR count). The largest absolute Gasteiger partial charge is 0.488 e. The summed E-state index contributed by atoms with van der Waals surface area (Å²) in [5.41, 5.74) is 0.469. The van der Waals surface area contributed by atoms with Gasteiger partial charge in [0.05, 0.1) is 6.61 Å². The fourth-order valence-electron chi connectivity index (χ4n) is 1.21. The molecule has 6 nitrogen and oxygen atoms in total. The normalized spacial score (nSPS) is 10.3. The molecule has 1 aromatic rings. The quantitative estimate of drug-likeness (QED) is 0.419. The number of carbonyl (C=O) groups is 1. The average molecular weight is 250 g/mol. The molecule has 0 aliphatic heterocycles. The van der Waals surface area contributed by atoms with Gasteiger partial charge in [0.2, 0.25) is 0 Å². The van der Waals surface area contributed by atoms with Gasteiger partial charge >= 0.3 is 5.97 Å². The van der Waals surface area contributed by atoms with Crippen LogP contribution in [0.1, 0.15) is 12.6 Å². The molecule has 0 amide bonds. The third kappa shape index (κ3) is 4.73. The Hall–Kier alpha value is -2.24. The van der Waals surface area contributed by atoms with Gasteiger partial charge in [-0.1, -0.05) is 5.18 Å². The molecular weight excluding hydrogens is 236 g/mol. The Balaban J connectivity index is 2.48. The molecule has 0 N–H and O–H groups in total. The zero-order valence-corrected chi connectivity index (χ0v) is 10.0. The van der Waals surface area contributed by atoms with Crippen LogP contribution in [0, 0.1) is 4.91 Å². The van der Waals surface area contributed by atoms with Crippen LogP contribution in [0.25, 0.3) is 0 Å². The van der Waals surface area contributed by atoms with Crippen molar-refractivity contribution in [1.82, 2.24) is 4.98 Å². The molecule has 1 aromatic heterocycles. The Morgan fingerprint density at radius 2 is 2.39 bits per heavy atom. The summed E-state index contributed by atoms with van der Waals surface area (Å²) in [5.74, 6) is 0.0627. The monoisotopic (exact) mass is 250 g/mol. The van der Waals surface area contributed by atoms with Gasteiger partial charge in [-0.2, -0.15) is 4.91 Å². The highest BCUT2D eigenvalue weighted by molar-refractivity contribution is 5.81. The Labute approximate surface area is 105 Å². The van der Waals surface area contributed by atoms with Gasteiger partial charge < -0.3 is 9.47 Å². The number of rotatable bonds is 7. The Morgan fingerprint density at radius 1 is 1.56 bits per heavy atom. The second-order valence-corrected chi connectivity index (χ2v) is 3.20. The first-order valence-corrected chi connectivity index (χ1v) is 5.47. The van der Waals surface area contributed by atoms with Gasteiger partial charge in [-0.15, -0.1) is 0 Å². The molecule has 0 spiro atoms. The third-order valence-electron chi connectivity index (χ3n) is 1.94. The number of esters is 1. The van der Waals surface area contributed by atoms with Crippen LogP contribution >= 0.6 is 0 Å². The Bertz CT molecular complexity index is 432. The minimum Gasteiger partial charge on any atom is -0.488 e. The van der Waals surface area contributed by atoms with Crippen LogP contribution in [0.3, 0.4) is 0 Å². The minimum absolute atomic E-state index is 0.0439. The van der Waals surface area contributed by atoms with Crippen molar-refractivity contribution in [3.05, 3.63) is 41.1 Å². The molecular formula is C12H14N2O4. The summed E-state index contributed by atoms with van der Waals surface area (Å²) in [6.07, 6.45) is 4.38. The van der Waals surface area contributed by atoms with E-state index in [-0.39, 0.29) is 13.2 Å². The van der Waals surface area contributed by atoms with Crippen LogP contribution in [0.15, 0.2) is 35.7 Å². The number of pyridine rings is 1. The van der Waals surface area contributed by atoms with E-state index in [2.05, 4.69) is 10.2 Å². The van der Waals surface area contributed by atoms with E-state index >= 15 is 0 Å². The molecule has 0 saturated carbocycles. The minimum atomic E-state index is -0.415. The number of aromatic nitrogens is 1. The summed E-state index contributed by atoms with van der Waals surface area (Å²) in [7, 11) is 0. The second kappa shape index (κ2) is 7.94. The lowest BCUT2D eigenvalue weighted by Crippen LogP contribution is -2.02. The summed E-state index contributed by atoms with van der Waals surface area (Å²) < 4.78 is 10.1. The second-order valence-electron chi connectivity index (χ2n) is 3.20. The molecule has 0 aromatic carbocycles. The molecule has 0 aliphatic rings. The van der Waals surface area contributed by atoms with Gasteiger partial charge in [-0.3, -0.25) is 4.98 Å². The Morgan fingerprint density at radius 3 is 3.11 bits per heavy atom. The zero-order chi connectivity index (χ0) is 13.2. The van der Waals surface area contributed by atoms with Crippen LogP contribution in [0.2, 0.25) is 0 Å². The first-order chi connectivity index (χ1) is 8.77. The molecule has 0 aliphatic carbocycles. The summed E-state index contributed by atoms with van der Waals surface area (Å²) in [4.78, 5) is 25.2. The van der Waals surface area contributed by atoms with E-state index < -0.39 is 5.97 Å². The molecule has 18 heavy (non-hydrogen) atoms. The predicted octanol–water partition coefficient (Wildman–Crippen LogP) is 1.85. The molecule has 6 heteroatoms. The lowest BCUT2D eigenvalue weighted by molar-refractivity contribution is -0.137. The van der Waals surface area contributed by atoms with E-state index in [0.717, 1.165) is 0 Å². The first kappa shape index (κ1) is 13.8. The van der Waals surface area contributed by atoms with Crippen molar-refractivity contribution in [2.24, 2.45) is 5.18 Å². The maximum atomic E-state index is 11.0. The van der Waals surface area contributed by atoms with Crippen LogP contribution < -0.4 is 4.74 Å². The van der Waals surface area contributed by atoms with Crippen molar-refractivity contribution in [2.45, 2.75) is 13.5 Å². The van der Waals surface area contributed by atoms with Gasteiger partial charge in [0.25, 0.3) is 0 Å². The molecule has 0 unspecified atom stereocenters. The fraction of sp³-hybridized carbons (Fsp3) is 0.333. The van der Waals surface area contributed by atoms with Crippen LogP contribution in [0.4, 0.5) is 0 Å². The van der Waals surface area contributed by atoms with Crippen molar-refractivity contribution in [1.29, 1.82) is 0 Å². The maximum absolute atomic E-state index is 11.0. The third-order valence-corrected chi connectivity index (χ3v) is 1.94. The number of nitrogens with zero attached hydrogens (tertiary/aromatic N) is 2. The van der Waals surface area contributed by atoms with E-state index in [1.165, 1.54) is 12.2 Å². The van der Waals surface area contributed by atoms with Crippen molar-refractivity contribution < 1.29 is 14.3 Å². The SMILES string of the molecule is CCOC(=O)C=CCOc1cccnc1CN=O. The standard InChI is InChI=1S/C12H14N2O4/c1-2-17-12(15)6-4-8-18-11-5-3-7-13-10(11)9-14-16/h3-7H,2,8-9H2,1H3. The summed E-state index contributed by atoms with van der Waals surface area (Å²) in [6, 6.07) is 3.38. The average Bonchev–Trinajstić information content (AvgIpc) is 2.37. The van der Waals surface area contributed by atoms with E-state index in [4.69, 9.17) is 9.47 Å². The molecule has 0 atom stereocenters. The van der Waals surface area contributed by atoms with Crippen LogP contribution in [0.5, 0.6) is 5.75 Å². The van der Waals surface area contributed by atoms with Crippen molar-refractivity contribution in [2.75, 3.05) is 13.2 Å². The number of ether oxygens (including phenoxy) is 2. The molecule has 96 valence electrons. The highest BCUT2D eigenvalue weighted by atomic mass is 16.5. The molecule has 1 heterocycles. The maximum Gasteiger partial charge on any atom is 0.330 e. The molecule has 0 radical (unpaired) electrons. The van der Waals surface area contributed by atoms with Gasteiger partial charge in [0.15, 0.2) is 0 Å². The molecule has 0 saturated heterocycles. The smallest absolute Gasteiger partial charge is 0.330 e. The number of nitroso groups, excluding NO2 is 1. The lowest BCUT2D eigenvalue weighted by Gasteiger charge is -2.05. The Kier molecular flexibility index (Phi) is 6.10. The van der Waals surface area contributed by atoms with E-state index in [1.807, 2.05) is 0 Å². The van der Waals surface area contributed by atoms with Crippen LogP contribution in [-0.4, -0.2) is 24.2 Å². The number of hydrogen-bond acceptors (Lipinski definition) is 6. The molecule has 0 fully saturated rings. The van der Waals surface area contributed by atoms with Gasteiger partial charge in [0, 0.05) is 12.3 Å². The van der Waals surface area contributed by atoms with E-state index in [9.17, 15) is 9.70 Å². The van der Waals surface area contributed by atoms with E-state index in [0.29, 0.717) is 18.1 Å². The highest BCUT2D eigenvalue weighted by Crippen LogP contribution is 2.15. The van der Waals surface area contributed by atoms with Gasteiger partial charge in [0.1, 0.15) is 24.6 Å². The number of hydrogen-bond donors (Lipinski definition) is 0. The molecule has 0 bridgehead atoms. The van der Waals surface area contributed by atoms with Gasteiger partial charge in [-0.05, 0) is 25.1 Å². The fourth-order valence-corrected chi connectivity index (χ4v) is 1.21. The summed E-state index contributed by atoms with van der Waals surface area (Å²) in [6.45, 7) is 2.21. The lowest BCUT2D eigenvalue weighted by atomic mass is 10.3. The van der Waals surface area contributed by atoms with Crippen molar-refractivity contribution in [3.63, 3.8) is 0 Å². The van der Waals surface area contributed by atoms with Crippen molar-refractivity contribution >= 4 is 5.97 Å². The predicted molar refractivity (Wildman–Crippen MR) is 65.0 cm³/mol. The van der Waals surface area contributed by atoms with Crippen molar-refractivity contribution in [3.8, 4) is 5.75 Å². The zero-order valence-electron chi connectivity index (χ0n) is 10.0. The van der Waals surface area contributed by atoms with Crippen LogP contribution in [-0.2, 0) is 16.1 Å². The summed E-state index contributed by atoms with van der Waals surface area (Å²) >= 11 is 0. The first-order valence-electron chi connectivity index (χ1n) is 5.47. The van der Waals surface area contributed by atoms with E-state index in [1.54, 1.807) is 25.3 Å². The topological polar surface area (TPSA) is 77.8 Å². The highest BCUT2D eigenvalue weighted by Gasteiger charge is 2.03.